The Hall–Kier alpha value is -3.25. The zero-order valence-corrected chi connectivity index (χ0v) is 18.3. The second kappa shape index (κ2) is 9.09. The maximum Gasteiger partial charge on any atom is 0.326 e. The van der Waals surface area contributed by atoms with E-state index in [2.05, 4.69) is 25.1 Å². The van der Waals surface area contributed by atoms with Gasteiger partial charge in [-0.2, -0.15) is 5.26 Å². The topological polar surface area (TPSA) is 94.4 Å². The average molecular weight is 439 g/mol. The van der Waals surface area contributed by atoms with Crippen LogP contribution in [0.2, 0.25) is 0 Å². The Balaban J connectivity index is 1.34. The molecule has 0 bridgehead atoms. The second-order valence-electron chi connectivity index (χ2n) is 8.53. The lowest BCUT2D eigenvalue weighted by Gasteiger charge is -2.37. The standard InChI is InChI=1S/C23H27FN6O2/c1-29(14-16-5-9-30(10-6-16)23(7-8-23)22(31)32-2)21-12-20(26-15-27-21)28-19-4-3-17(13-25)11-18(19)24/h3-4,11-12,15-16H,5-10,14H2,1-2H3,(H,26,27,28). The molecule has 0 unspecified atom stereocenters. The van der Waals surface area contributed by atoms with Crippen LogP contribution in [-0.2, 0) is 9.53 Å². The molecular formula is C23H27FN6O2. The van der Waals surface area contributed by atoms with Crippen LogP contribution in [0.15, 0.2) is 30.6 Å². The molecule has 0 atom stereocenters. The summed E-state index contributed by atoms with van der Waals surface area (Å²) in [4.78, 5) is 25.0. The van der Waals surface area contributed by atoms with Gasteiger partial charge in [0.1, 0.15) is 29.3 Å². The number of benzene rings is 1. The molecule has 1 aliphatic carbocycles. The van der Waals surface area contributed by atoms with E-state index < -0.39 is 5.82 Å². The van der Waals surface area contributed by atoms with Crippen molar-refractivity contribution in [2.45, 2.75) is 31.2 Å². The van der Waals surface area contributed by atoms with Gasteiger partial charge in [0.25, 0.3) is 0 Å². The van der Waals surface area contributed by atoms with E-state index in [-0.39, 0.29) is 22.8 Å². The van der Waals surface area contributed by atoms with Crippen molar-refractivity contribution < 1.29 is 13.9 Å². The Kier molecular flexibility index (Phi) is 6.24. The van der Waals surface area contributed by atoms with Gasteiger partial charge in [0.05, 0.1) is 24.4 Å². The second-order valence-corrected chi connectivity index (χ2v) is 8.53. The van der Waals surface area contributed by atoms with E-state index in [9.17, 15) is 9.18 Å². The average Bonchev–Trinajstić information content (AvgIpc) is 3.62. The number of rotatable bonds is 7. The third-order valence-electron chi connectivity index (χ3n) is 6.45. The van der Waals surface area contributed by atoms with E-state index in [1.807, 2.05) is 13.1 Å². The van der Waals surface area contributed by atoms with Gasteiger partial charge in [-0.3, -0.25) is 9.69 Å². The van der Waals surface area contributed by atoms with E-state index in [0.717, 1.165) is 51.1 Å². The van der Waals surface area contributed by atoms with Gasteiger partial charge in [0.2, 0.25) is 0 Å². The minimum atomic E-state index is -0.510. The fraction of sp³-hybridized carbons (Fsp3) is 0.478. The zero-order chi connectivity index (χ0) is 22.7. The molecule has 2 aromatic rings. The van der Waals surface area contributed by atoms with Crippen molar-refractivity contribution in [1.82, 2.24) is 14.9 Å². The first-order valence-electron chi connectivity index (χ1n) is 10.8. The molecule has 0 amide bonds. The van der Waals surface area contributed by atoms with Crippen LogP contribution in [0.5, 0.6) is 0 Å². The lowest BCUT2D eigenvalue weighted by Crippen LogP contribution is -2.49. The van der Waals surface area contributed by atoms with Crippen LogP contribution in [0.3, 0.4) is 0 Å². The van der Waals surface area contributed by atoms with Gasteiger partial charge < -0.3 is 15.0 Å². The van der Waals surface area contributed by atoms with Gasteiger partial charge in [0, 0.05) is 19.7 Å². The van der Waals surface area contributed by atoms with Gasteiger partial charge in [-0.25, -0.2) is 14.4 Å². The summed E-state index contributed by atoms with van der Waals surface area (Å²) in [6, 6.07) is 7.96. The highest BCUT2D eigenvalue weighted by molar-refractivity contribution is 5.84. The molecule has 168 valence electrons. The van der Waals surface area contributed by atoms with Crippen LogP contribution in [0.4, 0.5) is 21.7 Å². The summed E-state index contributed by atoms with van der Waals surface area (Å²) in [5, 5.41) is 11.8. The van der Waals surface area contributed by atoms with E-state index in [1.165, 1.54) is 25.6 Å². The molecule has 1 aromatic heterocycles. The van der Waals surface area contributed by atoms with Crippen LogP contribution in [-0.4, -0.2) is 60.2 Å². The largest absolute Gasteiger partial charge is 0.468 e. The van der Waals surface area contributed by atoms with Crippen LogP contribution < -0.4 is 10.2 Å². The fourth-order valence-corrected chi connectivity index (χ4v) is 4.43. The Morgan fingerprint density at radius 3 is 2.72 bits per heavy atom. The number of carbonyl (C=O) groups excluding carboxylic acids is 1. The molecule has 1 aromatic carbocycles. The minimum absolute atomic E-state index is 0.104. The van der Waals surface area contributed by atoms with Crippen LogP contribution in [0.1, 0.15) is 31.2 Å². The van der Waals surface area contributed by atoms with Gasteiger partial charge in [-0.1, -0.05) is 0 Å². The highest BCUT2D eigenvalue weighted by Gasteiger charge is 2.56. The molecular weight excluding hydrogens is 411 g/mol. The summed E-state index contributed by atoms with van der Waals surface area (Å²) in [5.74, 6) is 1.10. The minimum Gasteiger partial charge on any atom is -0.468 e. The number of hydrogen-bond donors (Lipinski definition) is 1. The number of ether oxygens (including phenoxy) is 1. The van der Waals surface area contributed by atoms with E-state index in [0.29, 0.717) is 11.7 Å². The maximum atomic E-state index is 14.2. The van der Waals surface area contributed by atoms with Crippen molar-refractivity contribution in [3.05, 3.63) is 42.0 Å². The van der Waals surface area contributed by atoms with Crippen LogP contribution in [0, 0.1) is 23.1 Å². The Bertz CT molecular complexity index is 1030. The third-order valence-corrected chi connectivity index (χ3v) is 6.45. The molecule has 1 aliphatic heterocycles. The number of likely N-dealkylation sites (tertiary alicyclic amines) is 1. The highest BCUT2D eigenvalue weighted by atomic mass is 19.1. The normalized spacial score (nSPS) is 17.9. The Morgan fingerprint density at radius 1 is 1.34 bits per heavy atom. The third kappa shape index (κ3) is 4.50. The molecule has 2 aliphatic rings. The number of anilines is 3. The molecule has 0 spiro atoms. The fourth-order valence-electron chi connectivity index (χ4n) is 4.43. The number of nitrogens with one attached hydrogen (secondary N) is 1. The van der Waals surface area contributed by atoms with Gasteiger partial charge in [0.15, 0.2) is 0 Å². The van der Waals surface area contributed by atoms with Crippen molar-refractivity contribution >= 4 is 23.3 Å². The number of esters is 1. The smallest absolute Gasteiger partial charge is 0.326 e. The predicted molar refractivity (Wildman–Crippen MR) is 118 cm³/mol. The molecule has 0 radical (unpaired) electrons. The predicted octanol–water partition coefficient (Wildman–Crippen LogP) is 3.08. The zero-order valence-electron chi connectivity index (χ0n) is 18.3. The number of nitrogens with zero attached hydrogens (tertiary/aromatic N) is 5. The molecule has 9 heteroatoms. The number of methoxy groups -OCH3 is 1. The molecule has 8 nitrogen and oxygen atoms in total. The van der Waals surface area contributed by atoms with Gasteiger partial charge in [-0.05, 0) is 62.9 Å². The van der Waals surface area contributed by atoms with E-state index in [4.69, 9.17) is 10.00 Å². The molecule has 2 fully saturated rings. The number of aromatic nitrogens is 2. The van der Waals surface area contributed by atoms with Gasteiger partial charge >= 0.3 is 5.97 Å². The van der Waals surface area contributed by atoms with Crippen LogP contribution in [0.25, 0.3) is 0 Å². The molecule has 4 rings (SSSR count). The lowest BCUT2D eigenvalue weighted by atomic mass is 9.94. The van der Waals surface area contributed by atoms with Crippen molar-refractivity contribution in [3.8, 4) is 6.07 Å². The summed E-state index contributed by atoms with van der Waals surface area (Å²) < 4.78 is 19.2. The number of hydrogen-bond acceptors (Lipinski definition) is 8. The van der Waals surface area contributed by atoms with E-state index in [1.54, 1.807) is 12.1 Å². The summed E-state index contributed by atoms with van der Waals surface area (Å²) >= 11 is 0. The number of carbonyl (C=O) groups is 1. The van der Waals surface area contributed by atoms with Crippen LogP contribution >= 0.6 is 0 Å². The van der Waals surface area contributed by atoms with Gasteiger partial charge in [-0.15, -0.1) is 0 Å². The number of nitriles is 1. The Morgan fingerprint density at radius 2 is 2.09 bits per heavy atom. The summed E-state index contributed by atoms with van der Waals surface area (Å²) in [7, 11) is 3.45. The monoisotopic (exact) mass is 438 g/mol. The first-order chi connectivity index (χ1) is 15.4. The van der Waals surface area contributed by atoms with Crippen molar-refractivity contribution in [1.29, 1.82) is 5.26 Å². The summed E-state index contributed by atoms with van der Waals surface area (Å²) in [6.07, 6.45) is 5.25. The first kappa shape index (κ1) is 22.0. The van der Waals surface area contributed by atoms with E-state index >= 15 is 0 Å². The summed E-state index contributed by atoms with van der Waals surface area (Å²) in [6.45, 7) is 2.62. The number of halogens is 1. The molecule has 1 saturated heterocycles. The number of piperidine rings is 1. The first-order valence-corrected chi connectivity index (χ1v) is 10.8. The maximum absolute atomic E-state index is 14.2. The lowest BCUT2D eigenvalue weighted by molar-refractivity contribution is -0.149. The quantitative estimate of drug-likeness (QED) is 0.659. The SMILES string of the molecule is COC(=O)C1(N2CCC(CN(C)c3cc(Nc4ccc(C#N)cc4F)ncn3)CC2)CC1. The Labute approximate surface area is 187 Å². The van der Waals surface area contributed by atoms with Crippen molar-refractivity contribution in [2.75, 3.05) is 44.0 Å². The summed E-state index contributed by atoms with van der Waals surface area (Å²) in [5.41, 5.74) is 0.143. The van der Waals surface area contributed by atoms with Crippen molar-refractivity contribution in [3.63, 3.8) is 0 Å². The molecule has 1 saturated carbocycles. The van der Waals surface area contributed by atoms with Crippen molar-refractivity contribution in [2.24, 2.45) is 5.92 Å². The molecule has 32 heavy (non-hydrogen) atoms. The molecule has 2 heterocycles. The highest BCUT2D eigenvalue weighted by Crippen LogP contribution is 2.44. The molecule has 1 N–H and O–H groups in total.